The van der Waals surface area contributed by atoms with Crippen molar-refractivity contribution >= 4 is 54.5 Å². The highest BCUT2D eigenvalue weighted by molar-refractivity contribution is 14.1. The van der Waals surface area contributed by atoms with Gasteiger partial charge in [0, 0.05) is 31.5 Å². The van der Waals surface area contributed by atoms with Gasteiger partial charge in [0.25, 0.3) is 0 Å². The molecule has 1 aromatic carbocycles. The van der Waals surface area contributed by atoms with Crippen LogP contribution in [0, 0.1) is 5.41 Å². The fourth-order valence-corrected chi connectivity index (χ4v) is 3.77. The Morgan fingerprint density at radius 2 is 2.10 bits per heavy atom. The van der Waals surface area contributed by atoms with Crippen molar-refractivity contribution < 1.29 is 4.79 Å². The zero-order chi connectivity index (χ0) is 15.4. The predicted molar refractivity (Wildman–Crippen MR) is 96.2 cm³/mol. The lowest BCUT2D eigenvalue weighted by Crippen LogP contribution is -2.29. The first-order chi connectivity index (χ1) is 9.78. The Balaban J connectivity index is 2.42. The topological polar surface area (TPSA) is 30.0 Å². The maximum absolute atomic E-state index is 12.6. The van der Waals surface area contributed by atoms with Gasteiger partial charge in [-0.15, -0.1) is 0 Å². The minimum atomic E-state index is -0.0406. The summed E-state index contributed by atoms with van der Waals surface area (Å²) >= 11 is 8.29. The van der Waals surface area contributed by atoms with E-state index >= 15 is 0 Å². The monoisotopic (exact) mass is 411 g/mol. The third-order valence-corrected chi connectivity index (χ3v) is 4.63. The Morgan fingerprint density at radius 1 is 1.38 bits per heavy atom. The highest BCUT2D eigenvalue weighted by Crippen LogP contribution is 2.41. The van der Waals surface area contributed by atoms with E-state index in [9.17, 15) is 4.79 Å². The van der Waals surface area contributed by atoms with Crippen LogP contribution in [-0.2, 0) is 6.42 Å². The van der Waals surface area contributed by atoms with Crippen molar-refractivity contribution in [3.63, 3.8) is 0 Å². The summed E-state index contributed by atoms with van der Waals surface area (Å²) in [6.45, 7) is 8.27. The Hall–Kier alpha value is -0.940. The van der Waals surface area contributed by atoms with Gasteiger partial charge in [0.15, 0.2) is 5.78 Å². The second kappa shape index (κ2) is 5.06. The molecule has 2 nitrogen and oxygen atoms in total. The standard InChI is InChI=1S/C17H15ClINO/c1-9(19)15-11-6-10(18)4-5-12(11)20-13-7-17(2,3)8-14(21)16(13)15/h4-6H,1,7-8H2,2-3H3. The van der Waals surface area contributed by atoms with Crippen LogP contribution < -0.4 is 0 Å². The van der Waals surface area contributed by atoms with Crippen LogP contribution in [-0.4, -0.2) is 10.8 Å². The molecule has 0 radical (unpaired) electrons. The molecule has 108 valence electrons. The van der Waals surface area contributed by atoms with E-state index in [1.807, 2.05) is 18.2 Å². The number of fused-ring (bicyclic) bond motifs is 2. The first-order valence-corrected chi connectivity index (χ1v) is 8.24. The van der Waals surface area contributed by atoms with Gasteiger partial charge in [-0.1, -0.05) is 32.0 Å². The average Bonchev–Trinajstić information content (AvgIpc) is 2.35. The van der Waals surface area contributed by atoms with Gasteiger partial charge >= 0.3 is 0 Å². The van der Waals surface area contributed by atoms with Crippen molar-refractivity contribution in [2.75, 3.05) is 0 Å². The van der Waals surface area contributed by atoms with E-state index in [2.05, 4.69) is 43.0 Å². The van der Waals surface area contributed by atoms with Gasteiger partial charge < -0.3 is 0 Å². The highest BCUT2D eigenvalue weighted by Gasteiger charge is 2.34. The van der Waals surface area contributed by atoms with Gasteiger partial charge in [-0.2, -0.15) is 0 Å². The Bertz CT molecular complexity index is 795. The van der Waals surface area contributed by atoms with Crippen LogP contribution >= 0.6 is 34.2 Å². The third-order valence-electron chi connectivity index (χ3n) is 3.86. The Labute approximate surface area is 142 Å². The van der Waals surface area contributed by atoms with Crippen LogP contribution in [0.25, 0.3) is 14.5 Å². The molecule has 1 heterocycles. The number of rotatable bonds is 1. The van der Waals surface area contributed by atoms with E-state index in [4.69, 9.17) is 16.6 Å². The maximum atomic E-state index is 12.6. The Morgan fingerprint density at radius 3 is 2.76 bits per heavy atom. The van der Waals surface area contributed by atoms with E-state index < -0.39 is 0 Å². The van der Waals surface area contributed by atoms with Crippen LogP contribution in [0.4, 0.5) is 0 Å². The largest absolute Gasteiger partial charge is 0.294 e. The van der Waals surface area contributed by atoms with Crippen molar-refractivity contribution in [2.45, 2.75) is 26.7 Å². The second-order valence-electron chi connectivity index (χ2n) is 6.32. The van der Waals surface area contributed by atoms with Gasteiger partial charge in [0.05, 0.1) is 11.2 Å². The molecule has 0 saturated heterocycles. The smallest absolute Gasteiger partial charge is 0.165 e. The minimum Gasteiger partial charge on any atom is -0.294 e. The number of halogens is 2. The van der Waals surface area contributed by atoms with Crippen LogP contribution in [0.1, 0.15) is 41.9 Å². The molecular weight excluding hydrogens is 397 g/mol. The van der Waals surface area contributed by atoms with Gasteiger partial charge in [-0.25, -0.2) is 0 Å². The fourth-order valence-electron chi connectivity index (χ4n) is 3.04. The van der Waals surface area contributed by atoms with Crippen molar-refractivity contribution in [3.8, 4) is 0 Å². The molecule has 1 aliphatic rings. The number of benzene rings is 1. The molecular formula is C17H15ClINO. The highest BCUT2D eigenvalue weighted by atomic mass is 127. The molecule has 0 N–H and O–H groups in total. The summed E-state index contributed by atoms with van der Waals surface area (Å²) in [5.41, 5.74) is 3.36. The van der Waals surface area contributed by atoms with E-state index in [0.29, 0.717) is 11.4 Å². The Kier molecular flexibility index (Phi) is 3.61. The van der Waals surface area contributed by atoms with Gasteiger partial charge in [-0.05, 0) is 52.6 Å². The summed E-state index contributed by atoms with van der Waals surface area (Å²) in [6.07, 6.45) is 1.36. The molecule has 0 fully saturated rings. The summed E-state index contributed by atoms with van der Waals surface area (Å²) in [4.78, 5) is 17.4. The number of hydrogen-bond acceptors (Lipinski definition) is 2. The molecule has 1 aliphatic carbocycles. The molecule has 2 aromatic rings. The number of ketones is 1. The maximum Gasteiger partial charge on any atom is 0.165 e. The zero-order valence-electron chi connectivity index (χ0n) is 12.0. The van der Waals surface area contributed by atoms with Crippen molar-refractivity contribution in [2.24, 2.45) is 5.41 Å². The SMILES string of the molecule is C=C(I)c1c2c(nc3ccc(Cl)cc13)CC(C)(C)CC2=O. The normalized spacial score (nSPS) is 16.9. The van der Waals surface area contributed by atoms with Gasteiger partial charge in [0.1, 0.15) is 0 Å². The van der Waals surface area contributed by atoms with E-state index in [1.54, 1.807) is 0 Å². The minimum absolute atomic E-state index is 0.0406. The molecule has 4 heteroatoms. The van der Waals surface area contributed by atoms with E-state index in [-0.39, 0.29) is 11.2 Å². The number of hydrogen-bond donors (Lipinski definition) is 0. The number of Topliss-reactive ketones (excluding diaryl/α,β-unsaturated/α-hetero) is 1. The number of carbonyl (C=O) groups excluding carboxylic acids is 1. The number of nitrogens with zero attached hydrogens (tertiary/aromatic N) is 1. The lowest BCUT2D eigenvalue weighted by Gasteiger charge is -2.31. The first kappa shape index (κ1) is 15.0. The van der Waals surface area contributed by atoms with Crippen molar-refractivity contribution in [1.82, 2.24) is 4.98 Å². The average molecular weight is 412 g/mol. The zero-order valence-corrected chi connectivity index (χ0v) is 14.9. The molecule has 0 amide bonds. The lowest BCUT2D eigenvalue weighted by molar-refractivity contribution is 0.0910. The molecule has 1 aromatic heterocycles. The summed E-state index contributed by atoms with van der Waals surface area (Å²) < 4.78 is 0.853. The van der Waals surface area contributed by atoms with Crippen molar-refractivity contribution in [3.05, 3.63) is 46.6 Å². The summed E-state index contributed by atoms with van der Waals surface area (Å²) in [5.74, 6) is 0.156. The molecule has 0 saturated carbocycles. The molecule has 0 spiro atoms. The molecule has 3 rings (SSSR count). The number of aromatic nitrogens is 1. The third kappa shape index (κ3) is 2.61. The summed E-state index contributed by atoms with van der Waals surface area (Å²) in [5, 5.41) is 1.56. The first-order valence-electron chi connectivity index (χ1n) is 6.79. The quantitative estimate of drug-likeness (QED) is 0.584. The molecule has 0 aliphatic heterocycles. The predicted octanol–water partition coefficient (Wildman–Crippen LogP) is 5.45. The fraction of sp³-hybridized carbons (Fsp3) is 0.294. The number of pyridine rings is 1. The summed E-state index contributed by atoms with van der Waals surface area (Å²) in [6, 6.07) is 5.61. The molecule has 0 atom stereocenters. The van der Waals surface area contributed by atoms with E-state index in [0.717, 1.165) is 37.7 Å². The van der Waals surface area contributed by atoms with Crippen LogP contribution in [0.2, 0.25) is 5.02 Å². The van der Waals surface area contributed by atoms with Crippen LogP contribution in [0.3, 0.4) is 0 Å². The summed E-state index contributed by atoms with van der Waals surface area (Å²) in [7, 11) is 0. The second-order valence-corrected chi connectivity index (χ2v) is 8.05. The van der Waals surface area contributed by atoms with Gasteiger partial charge in [0.2, 0.25) is 0 Å². The van der Waals surface area contributed by atoms with Crippen molar-refractivity contribution in [1.29, 1.82) is 0 Å². The lowest BCUT2D eigenvalue weighted by atomic mass is 9.74. The van der Waals surface area contributed by atoms with Gasteiger partial charge in [-0.3, -0.25) is 9.78 Å². The van der Waals surface area contributed by atoms with Crippen LogP contribution in [0.5, 0.6) is 0 Å². The van der Waals surface area contributed by atoms with Crippen LogP contribution in [0.15, 0.2) is 24.8 Å². The van der Waals surface area contributed by atoms with E-state index in [1.165, 1.54) is 0 Å². The molecule has 0 unspecified atom stereocenters. The molecule has 21 heavy (non-hydrogen) atoms. The molecule has 0 bridgehead atoms. The number of carbonyl (C=O) groups is 1.